The van der Waals surface area contributed by atoms with Crippen LogP contribution in [0.15, 0.2) is 18.7 Å². The average Bonchev–Trinajstić information content (AvgIpc) is 3.35. The molecule has 3 aromatic heterocycles. The van der Waals surface area contributed by atoms with Crippen LogP contribution in [0.1, 0.15) is 33.0 Å². The van der Waals surface area contributed by atoms with E-state index in [0.717, 1.165) is 29.3 Å². The third-order valence-electron chi connectivity index (χ3n) is 5.32. The van der Waals surface area contributed by atoms with Crippen molar-refractivity contribution in [1.82, 2.24) is 34.4 Å². The maximum atomic E-state index is 13.1. The summed E-state index contributed by atoms with van der Waals surface area (Å²) in [5, 5.41) is 3.54. The Bertz CT molecular complexity index is 1050. The summed E-state index contributed by atoms with van der Waals surface area (Å²) in [6.07, 6.45) is 5.70. The predicted molar refractivity (Wildman–Crippen MR) is 118 cm³/mol. The normalized spacial score (nSPS) is 17.5. The molecule has 10 heteroatoms. The lowest BCUT2D eigenvalue weighted by Gasteiger charge is -2.26. The first kappa shape index (κ1) is 20.5. The molecule has 3 aromatic rings. The molecule has 0 unspecified atom stereocenters. The SMILES string of the molecule is CC[C@H](Nc1ncnc2c1nc(-c1cnc(C)nc1)n2CC)C(=O)N1CCS[C@@H]1C. The summed E-state index contributed by atoms with van der Waals surface area (Å²) in [6, 6.07) is -0.359. The van der Waals surface area contributed by atoms with Gasteiger partial charge in [-0.05, 0) is 27.2 Å². The molecule has 0 radical (unpaired) electrons. The van der Waals surface area contributed by atoms with Gasteiger partial charge in [0.25, 0.3) is 0 Å². The van der Waals surface area contributed by atoms with Gasteiger partial charge in [-0.3, -0.25) is 4.79 Å². The van der Waals surface area contributed by atoms with Crippen LogP contribution in [0.25, 0.3) is 22.6 Å². The highest BCUT2D eigenvalue weighted by Gasteiger charge is 2.31. The Morgan fingerprint density at radius 3 is 2.67 bits per heavy atom. The minimum absolute atomic E-state index is 0.101. The zero-order chi connectivity index (χ0) is 21.3. The number of anilines is 1. The van der Waals surface area contributed by atoms with Crippen LogP contribution in [0.5, 0.6) is 0 Å². The number of amides is 1. The molecule has 1 aliphatic rings. The van der Waals surface area contributed by atoms with E-state index < -0.39 is 0 Å². The maximum Gasteiger partial charge on any atom is 0.246 e. The smallest absolute Gasteiger partial charge is 0.246 e. The van der Waals surface area contributed by atoms with Gasteiger partial charge in [-0.2, -0.15) is 0 Å². The van der Waals surface area contributed by atoms with Gasteiger partial charge in [-0.1, -0.05) is 6.92 Å². The summed E-state index contributed by atoms with van der Waals surface area (Å²) in [5.74, 6) is 3.09. The van der Waals surface area contributed by atoms with Gasteiger partial charge in [0.1, 0.15) is 24.0 Å². The van der Waals surface area contributed by atoms with Crippen molar-refractivity contribution in [2.45, 2.75) is 52.1 Å². The van der Waals surface area contributed by atoms with Gasteiger partial charge in [0, 0.05) is 31.2 Å². The van der Waals surface area contributed by atoms with Crippen LogP contribution in [-0.2, 0) is 11.3 Å². The Labute approximate surface area is 179 Å². The quantitative estimate of drug-likeness (QED) is 0.642. The highest BCUT2D eigenvalue weighted by molar-refractivity contribution is 8.00. The molecule has 1 saturated heterocycles. The number of rotatable bonds is 6. The van der Waals surface area contributed by atoms with Crippen molar-refractivity contribution in [3.05, 3.63) is 24.5 Å². The Balaban J connectivity index is 1.70. The van der Waals surface area contributed by atoms with Crippen molar-refractivity contribution in [2.75, 3.05) is 17.6 Å². The summed E-state index contributed by atoms with van der Waals surface area (Å²) < 4.78 is 2.01. The van der Waals surface area contributed by atoms with Crippen molar-refractivity contribution < 1.29 is 4.79 Å². The first-order valence-corrected chi connectivity index (χ1v) is 11.3. The fourth-order valence-electron chi connectivity index (χ4n) is 3.66. The van der Waals surface area contributed by atoms with E-state index in [0.29, 0.717) is 30.1 Å². The molecule has 1 fully saturated rings. The van der Waals surface area contributed by atoms with Gasteiger partial charge >= 0.3 is 0 Å². The Kier molecular flexibility index (Phi) is 5.85. The third kappa shape index (κ3) is 3.71. The fraction of sp³-hybridized carbons (Fsp3) is 0.500. The van der Waals surface area contributed by atoms with Crippen LogP contribution < -0.4 is 5.32 Å². The average molecular weight is 427 g/mol. The Morgan fingerprint density at radius 1 is 1.27 bits per heavy atom. The third-order valence-corrected chi connectivity index (χ3v) is 6.47. The van der Waals surface area contributed by atoms with Crippen LogP contribution in [0.2, 0.25) is 0 Å². The summed E-state index contributed by atoms with van der Waals surface area (Å²) in [4.78, 5) is 37.3. The van der Waals surface area contributed by atoms with E-state index in [-0.39, 0.29) is 17.3 Å². The standard InChI is InChI=1S/C20H26N8OS/c1-5-15(20(29)28-7-8-30-13(28)4)25-17-16-19(24-11-23-17)27(6-2)18(26-16)14-9-21-12(3)22-10-14/h9-11,13,15H,5-8H2,1-4H3,(H,23,24,25)/t13-,15+/m1/s1. The molecule has 1 aliphatic heterocycles. The Hall–Kier alpha value is -2.75. The summed E-state index contributed by atoms with van der Waals surface area (Å²) in [7, 11) is 0. The highest BCUT2D eigenvalue weighted by atomic mass is 32.2. The van der Waals surface area contributed by atoms with Gasteiger partial charge in [0.2, 0.25) is 5.91 Å². The predicted octanol–water partition coefficient (Wildman–Crippen LogP) is 2.72. The topological polar surface area (TPSA) is 102 Å². The van der Waals surface area contributed by atoms with Crippen LogP contribution in [0.4, 0.5) is 5.82 Å². The van der Waals surface area contributed by atoms with E-state index >= 15 is 0 Å². The first-order chi connectivity index (χ1) is 14.5. The number of carbonyl (C=O) groups is 1. The molecular weight excluding hydrogens is 400 g/mol. The number of hydrogen-bond donors (Lipinski definition) is 1. The van der Waals surface area contributed by atoms with Crippen molar-refractivity contribution in [3.63, 3.8) is 0 Å². The zero-order valence-corrected chi connectivity index (χ0v) is 18.5. The molecule has 4 rings (SSSR count). The van der Waals surface area contributed by atoms with Crippen LogP contribution >= 0.6 is 11.8 Å². The number of thioether (sulfide) groups is 1. The summed E-state index contributed by atoms with van der Waals surface area (Å²) in [6.45, 7) is 9.44. The van der Waals surface area contributed by atoms with E-state index in [9.17, 15) is 4.79 Å². The van der Waals surface area contributed by atoms with E-state index in [1.54, 1.807) is 24.2 Å². The van der Waals surface area contributed by atoms with Crippen molar-refractivity contribution in [3.8, 4) is 11.4 Å². The molecule has 0 spiro atoms. The molecule has 1 amide bonds. The second-order valence-electron chi connectivity index (χ2n) is 7.20. The van der Waals surface area contributed by atoms with Crippen molar-refractivity contribution in [1.29, 1.82) is 0 Å². The van der Waals surface area contributed by atoms with Gasteiger partial charge < -0.3 is 14.8 Å². The van der Waals surface area contributed by atoms with Gasteiger partial charge in [-0.25, -0.2) is 24.9 Å². The number of carbonyl (C=O) groups excluding carboxylic acids is 1. The molecule has 0 aromatic carbocycles. The lowest BCUT2D eigenvalue weighted by Crippen LogP contribution is -2.44. The monoisotopic (exact) mass is 426 g/mol. The van der Waals surface area contributed by atoms with Crippen LogP contribution in [-0.4, -0.2) is 64.0 Å². The minimum Gasteiger partial charge on any atom is -0.356 e. The molecule has 9 nitrogen and oxygen atoms in total. The van der Waals surface area contributed by atoms with Crippen molar-refractivity contribution >= 4 is 34.7 Å². The zero-order valence-electron chi connectivity index (χ0n) is 17.7. The lowest BCUT2D eigenvalue weighted by atomic mass is 10.2. The molecular formula is C20H26N8OS. The molecule has 158 valence electrons. The van der Waals surface area contributed by atoms with Crippen molar-refractivity contribution in [2.24, 2.45) is 0 Å². The molecule has 30 heavy (non-hydrogen) atoms. The number of aryl methyl sites for hydroxylation is 2. The van der Waals surface area contributed by atoms with Gasteiger partial charge in [0.15, 0.2) is 17.0 Å². The summed E-state index contributed by atoms with van der Waals surface area (Å²) in [5.41, 5.74) is 2.18. The van der Waals surface area contributed by atoms with E-state index in [2.05, 4.69) is 32.2 Å². The summed E-state index contributed by atoms with van der Waals surface area (Å²) >= 11 is 1.80. The number of aromatic nitrogens is 6. The lowest BCUT2D eigenvalue weighted by molar-refractivity contribution is -0.131. The fourth-order valence-corrected chi connectivity index (χ4v) is 4.69. The molecule has 2 atom stereocenters. The second kappa shape index (κ2) is 8.55. The second-order valence-corrected chi connectivity index (χ2v) is 8.62. The van der Waals surface area contributed by atoms with Crippen LogP contribution in [0.3, 0.4) is 0 Å². The molecule has 1 N–H and O–H groups in total. The number of hydrogen-bond acceptors (Lipinski definition) is 8. The Morgan fingerprint density at radius 2 is 2.03 bits per heavy atom. The maximum absolute atomic E-state index is 13.1. The number of nitrogens with zero attached hydrogens (tertiary/aromatic N) is 7. The molecule has 0 bridgehead atoms. The largest absolute Gasteiger partial charge is 0.356 e. The molecule has 4 heterocycles. The van der Waals surface area contributed by atoms with Gasteiger partial charge in [0.05, 0.1) is 10.9 Å². The number of imidazole rings is 1. The highest BCUT2D eigenvalue weighted by Crippen LogP contribution is 2.28. The molecule has 0 saturated carbocycles. The number of fused-ring (bicyclic) bond motifs is 1. The molecule has 0 aliphatic carbocycles. The van der Waals surface area contributed by atoms with Gasteiger partial charge in [-0.15, -0.1) is 11.8 Å². The van der Waals surface area contributed by atoms with E-state index in [4.69, 9.17) is 4.98 Å². The van der Waals surface area contributed by atoms with Crippen LogP contribution in [0, 0.1) is 6.92 Å². The minimum atomic E-state index is -0.359. The van der Waals surface area contributed by atoms with E-state index in [1.165, 1.54) is 6.33 Å². The van der Waals surface area contributed by atoms with E-state index in [1.807, 2.05) is 30.2 Å². The number of nitrogens with one attached hydrogen (secondary N) is 1. The first-order valence-electron chi connectivity index (χ1n) is 10.2.